The predicted octanol–water partition coefficient (Wildman–Crippen LogP) is 5.45. The number of fused-ring (bicyclic) bond motifs is 1. The van der Waals surface area contributed by atoms with Crippen LogP contribution in [0.3, 0.4) is 0 Å². The Morgan fingerprint density at radius 2 is 1.84 bits per heavy atom. The molecule has 3 nitrogen and oxygen atoms in total. The summed E-state index contributed by atoms with van der Waals surface area (Å²) in [5, 5.41) is 12.3. The van der Waals surface area contributed by atoms with Gasteiger partial charge in [0.15, 0.2) is 5.78 Å². The fourth-order valence-electron chi connectivity index (χ4n) is 2.99. The van der Waals surface area contributed by atoms with Crippen LogP contribution in [0.25, 0.3) is 0 Å². The van der Waals surface area contributed by atoms with E-state index in [1.54, 1.807) is 11.3 Å². The standard InChI is InChI=1S/C20H22O3S2/c1-11(2)13-5-6-17-15(7-13)19(23)20(25(17)10-18(21)22)16-8-14(9-24-16)12(3)4/h5-12,20H,1-4H3,(H,21,22). The van der Waals surface area contributed by atoms with Gasteiger partial charge in [0.2, 0.25) is 0 Å². The third kappa shape index (κ3) is 3.35. The summed E-state index contributed by atoms with van der Waals surface area (Å²) in [6, 6.07) is 7.99. The lowest BCUT2D eigenvalue weighted by Crippen LogP contribution is -2.05. The Bertz CT molecular complexity index is 875. The quantitative estimate of drug-likeness (QED) is 0.724. The van der Waals surface area contributed by atoms with Crippen molar-refractivity contribution in [1.82, 2.24) is 0 Å². The van der Waals surface area contributed by atoms with Gasteiger partial charge >= 0.3 is 5.97 Å². The molecule has 0 bridgehead atoms. The molecule has 2 atom stereocenters. The van der Waals surface area contributed by atoms with Crippen LogP contribution in [0.4, 0.5) is 0 Å². The van der Waals surface area contributed by atoms with Crippen molar-refractivity contribution in [2.24, 2.45) is 0 Å². The highest BCUT2D eigenvalue weighted by atomic mass is 32.2. The fourth-order valence-corrected chi connectivity index (χ4v) is 6.57. The molecule has 1 aliphatic heterocycles. The summed E-state index contributed by atoms with van der Waals surface area (Å²) in [4.78, 5) is 26.4. The van der Waals surface area contributed by atoms with Crippen LogP contribution in [-0.4, -0.2) is 22.2 Å². The molecule has 1 aromatic carbocycles. The summed E-state index contributed by atoms with van der Waals surface area (Å²) in [7, 11) is -0.736. The van der Waals surface area contributed by atoms with E-state index < -0.39 is 21.7 Å². The molecule has 1 N–H and O–H groups in total. The smallest absolute Gasteiger partial charge is 0.334 e. The molecule has 2 aromatic rings. The molecule has 0 spiro atoms. The molecule has 2 unspecified atom stereocenters. The first-order valence-corrected chi connectivity index (χ1v) is 10.6. The summed E-state index contributed by atoms with van der Waals surface area (Å²) < 4.78 is 0. The van der Waals surface area contributed by atoms with Crippen molar-refractivity contribution < 1.29 is 14.7 Å². The van der Waals surface area contributed by atoms with E-state index in [0.29, 0.717) is 17.4 Å². The van der Waals surface area contributed by atoms with Crippen LogP contribution in [0.15, 0.2) is 34.5 Å². The number of carboxylic acids is 1. The minimum atomic E-state index is -0.970. The molecular formula is C20H22O3S2. The van der Waals surface area contributed by atoms with Gasteiger partial charge < -0.3 is 5.11 Å². The Morgan fingerprint density at radius 1 is 1.16 bits per heavy atom. The molecule has 0 amide bonds. The van der Waals surface area contributed by atoms with E-state index in [1.165, 1.54) is 10.9 Å². The molecule has 25 heavy (non-hydrogen) atoms. The highest BCUT2D eigenvalue weighted by Gasteiger charge is 2.37. The SMILES string of the molecule is CC(C)c1csc(C2C(=O)c3cc(C(C)C)ccc3S2=CC(=O)O)c1. The molecule has 1 aromatic heterocycles. The van der Waals surface area contributed by atoms with Gasteiger partial charge in [0.05, 0.1) is 5.37 Å². The molecule has 0 radical (unpaired) electrons. The molecule has 0 fully saturated rings. The minimum Gasteiger partial charge on any atom is -0.478 e. The molecule has 0 aliphatic carbocycles. The normalized spacial score (nSPS) is 19.8. The maximum absolute atomic E-state index is 13.1. The van der Waals surface area contributed by atoms with Crippen molar-refractivity contribution in [3.05, 3.63) is 51.2 Å². The van der Waals surface area contributed by atoms with Gasteiger partial charge in [-0.3, -0.25) is 4.79 Å². The second kappa shape index (κ2) is 6.89. The zero-order valence-electron chi connectivity index (χ0n) is 14.8. The predicted molar refractivity (Wildman–Crippen MR) is 106 cm³/mol. The summed E-state index contributed by atoms with van der Waals surface area (Å²) in [5.74, 6) is -0.198. The second-order valence-electron chi connectivity index (χ2n) is 6.92. The molecule has 5 heteroatoms. The third-order valence-electron chi connectivity index (χ3n) is 4.47. The first-order valence-electron chi connectivity index (χ1n) is 8.35. The fraction of sp³-hybridized carbons (Fsp3) is 0.350. The van der Waals surface area contributed by atoms with E-state index in [0.717, 1.165) is 15.3 Å². The number of benzene rings is 1. The summed E-state index contributed by atoms with van der Waals surface area (Å²) in [6.07, 6.45) is 0. The van der Waals surface area contributed by atoms with E-state index >= 15 is 0 Å². The van der Waals surface area contributed by atoms with E-state index in [1.807, 2.05) is 18.2 Å². The van der Waals surface area contributed by atoms with Gasteiger partial charge in [-0.05, 0) is 46.5 Å². The maximum atomic E-state index is 13.1. The van der Waals surface area contributed by atoms with Crippen LogP contribution in [0.2, 0.25) is 0 Å². The molecule has 0 saturated heterocycles. The molecule has 3 rings (SSSR count). The van der Waals surface area contributed by atoms with Crippen LogP contribution >= 0.6 is 21.8 Å². The van der Waals surface area contributed by atoms with Crippen molar-refractivity contribution in [2.45, 2.75) is 49.7 Å². The molecule has 132 valence electrons. The Kier molecular flexibility index (Phi) is 4.98. The number of carbonyl (C=O) groups is 2. The molecular weight excluding hydrogens is 352 g/mol. The zero-order valence-corrected chi connectivity index (χ0v) is 16.4. The highest BCUT2D eigenvalue weighted by Crippen LogP contribution is 2.53. The van der Waals surface area contributed by atoms with Crippen molar-refractivity contribution in [2.75, 3.05) is 0 Å². The largest absolute Gasteiger partial charge is 0.478 e. The number of hydrogen-bond donors (Lipinski definition) is 1. The van der Waals surface area contributed by atoms with Crippen LogP contribution in [0.5, 0.6) is 0 Å². The summed E-state index contributed by atoms with van der Waals surface area (Å²) in [6.45, 7) is 8.43. The van der Waals surface area contributed by atoms with Crippen LogP contribution in [0.1, 0.15) is 71.1 Å². The van der Waals surface area contributed by atoms with E-state index in [4.69, 9.17) is 0 Å². The Morgan fingerprint density at radius 3 is 2.40 bits per heavy atom. The number of Topliss-reactive ketones (excluding diaryl/α,β-unsaturated/α-hetero) is 1. The monoisotopic (exact) mass is 374 g/mol. The van der Waals surface area contributed by atoms with Gasteiger partial charge in [0.1, 0.15) is 5.25 Å². The number of rotatable bonds is 4. The Hall–Kier alpha value is -1.72. The van der Waals surface area contributed by atoms with Gasteiger partial charge in [-0.25, -0.2) is 4.79 Å². The van der Waals surface area contributed by atoms with Crippen LogP contribution < -0.4 is 0 Å². The number of carboxylic acid groups (broad SMARTS) is 1. The van der Waals surface area contributed by atoms with Crippen molar-refractivity contribution in [3.63, 3.8) is 0 Å². The number of hydrogen-bond acceptors (Lipinski definition) is 3. The average Bonchev–Trinajstić information content (AvgIpc) is 3.11. The van der Waals surface area contributed by atoms with Gasteiger partial charge in [0, 0.05) is 15.3 Å². The number of thiophene rings is 1. The van der Waals surface area contributed by atoms with Crippen LogP contribution in [-0.2, 0) is 4.79 Å². The van der Waals surface area contributed by atoms with Gasteiger partial charge in [-0.1, -0.05) is 33.8 Å². The van der Waals surface area contributed by atoms with Crippen molar-refractivity contribution in [1.29, 1.82) is 0 Å². The first kappa shape index (κ1) is 18.1. The zero-order chi connectivity index (χ0) is 18.3. The molecule has 0 saturated carbocycles. The topological polar surface area (TPSA) is 54.4 Å². The van der Waals surface area contributed by atoms with Gasteiger partial charge in [-0.2, -0.15) is 0 Å². The highest BCUT2D eigenvalue weighted by molar-refractivity contribution is 8.17. The van der Waals surface area contributed by atoms with Crippen molar-refractivity contribution in [3.8, 4) is 0 Å². The van der Waals surface area contributed by atoms with Crippen LogP contribution in [0, 0.1) is 0 Å². The average molecular weight is 375 g/mol. The first-order chi connectivity index (χ1) is 11.8. The summed E-state index contributed by atoms with van der Waals surface area (Å²) in [5.41, 5.74) is 3.00. The lowest BCUT2D eigenvalue weighted by atomic mass is 9.98. The van der Waals surface area contributed by atoms with Crippen molar-refractivity contribution >= 4 is 38.9 Å². The van der Waals surface area contributed by atoms with E-state index in [2.05, 4.69) is 39.1 Å². The maximum Gasteiger partial charge on any atom is 0.334 e. The number of ketones is 1. The Balaban J connectivity index is 2.14. The number of aliphatic carboxylic acids is 1. The Labute approximate surface area is 154 Å². The van der Waals surface area contributed by atoms with Gasteiger partial charge in [-0.15, -0.1) is 21.8 Å². The molecule has 1 aliphatic rings. The molecule has 2 heterocycles. The summed E-state index contributed by atoms with van der Waals surface area (Å²) >= 11 is 1.56. The second-order valence-corrected chi connectivity index (χ2v) is 9.75. The van der Waals surface area contributed by atoms with E-state index in [9.17, 15) is 14.7 Å². The van der Waals surface area contributed by atoms with Gasteiger partial charge in [0.25, 0.3) is 0 Å². The number of carbonyl (C=O) groups excluding carboxylic acids is 1. The lowest BCUT2D eigenvalue weighted by molar-refractivity contribution is -0.128. The minimum absolute atomic E-state index is 0.0514. The van der Waals surface area contributed by atoms with E-state index in [-0.39, 0.29) is 5.78 Å². The lowest BCUT2D eigenvalue weighted by Gasteiger charge is -2.10. The third-order valence-corrected chi connectivity index (χ3v) is 7.93.